The van der Waals surface area contributed by atoms with Crippen molar-refractivity contribution in [3.05, 3.63) is 59.7 Å². The lowest BCUT2D eigenvalue weighted by Crippen LogP contribution is -2.44. The Kier molecular flexibility index (Phi) is 6.70. The van der Waals surface area contributed by atoms with Gasteiger partial charge in [-0.15, -0.1) is 0 Å². The summed E-state index contributed by atoms with van der Waals surface area (Å²) in [5, 5.41) is 0. The molecule has 5 heteroatoms. The van der Waals surface area contributed by atoms with Gasteiger partial charge in [-0.05, 0) is 50.1 Å². The van der Waals surface area contributed by atoms with Crippen LogP contribution in [0.2, 0.25) is 0 Å². The molecule has 0 N–H and O–H groups in total. The predicted octanol–water partition coefficient (Wildman–Crippen LogP) is 4.70. The number of hydrogen-bond acceptors (Lipinski definition) is 5. The zero-order valence-corrected chi connectivity index (χ0v) is 16.8. The molecule has 0 spiro atoms. The van der Waals surface area contributed by atoms with Crippen molar-refractivity contribution in [1.29, 1.82) is 0 Å². The summed E-state index contributed by atoms with van der Waals surface area (Å²) >= 11 is 0. The van der Waals surface area contributed by atoms with Crippen LogP contribution in [-0.2, 0) is 20.7 Å². The lowest BCUT2D eigenvalue weighted by molar-refractivity contribution is -0.233. The Hall–Kier alpha value is -2.37. The van der Waals surface area contributed by atoms with Gasteiger partial charge in [-0.3, -0.25) is 4.79 Å². The topological polar surface area (TPSA) is 54.0 Å². The van der Waals surface area contributed by atoms with Crippen LogP contribution in [0, 0.1) is 5.41 Å². The largest absolute Gasteiger partial charge is 0.494 e. The average Bonchev–Trinajstić information content (AvgIpc) is 2.71. The molecule has 0 unspecified atom stereocenters. The Morgan fingerprint density at radius 1 is 1.00 bits per heavy atom. The van der Waals surface area contributed by atoms with Crippen LogP contribution < -0.4 is 9.47 Å². The highest BCUT2D eigenvalue weighted by Gasteiger charge is 2.41. The molecule has 0 amide bonds. The molecule has 0 bridgehead atoms. The summed E-state index contributed by atoms with van der Waals surface area (Å²) in [5.74, 6) is 0.849. The predicted molar refractivity (Wildman–Crippen MR) is 106 cm³/mol. The Morgan fingerprint density at radius 3 is 2.18 bits per heavy atom. The van der Waals surface area contributed by atoms with Gasteiger partial charge in [-0.2, -0.15) is 0 Å². The molecule has 150 valence electrons. The van der Waals surface area contributed by atoms with Crippen molar-refractivity contribution in [2.45, 2.75) is 39.9 Å². The molecule has 0 aromatic heterocycles. The first-order valence-corrected chi connectivity index (χ1v) is 9.81. The van der Waals surface area contributed by atoms with Crippen LogP contribution in [-0.4, -0.2) is 25.8 Å². The second-order valence-corrected chi connectivity index (χ2v) is 7.30. The van der Waals surface area contributed by atoms with Crippen molar-refractivity contribution in [2.24, 2.45) is 5.41 Å². The number of carbonyl (C=O) groups excluding carboxylic acids is 1. The van der Waals surface area contributed by atoms with E-state index in [1.165, 1.54) is 5.56 Å². The fourth-order valence-corrected chi connectivity index (χ4v) is 3.05. The summed E-state index contributed by atoms with van der Waals surface area (Å²) in [4.78, 5) is 12.6. The molecule has 1 saturated heterocycles. The van der Waals surface area contributed by atoms with Gasteiger partial charge in [-0.1, -0.05) is 37.6 Å². The van der Waals surface area contributed by atoms with Crippen molar-refractivity contribution in [2.75, 3.05) is 19.8 Å². The van der Waals surface area contributed by atoms with Gasteiger partial charge < -0.3 is 18.9 Å². The number of hydrogen-bond donors (Lipinski definition) is 0. The van der Waals surface area contributed by atoms with E-state index in [4.69, 9.17) is 18.9 Å². The molecule has 28 heavy (non-hydrogen) atoms. The van der Waals surface area contributed by atoms with Crippen LogP contribution in [0.5, 0.6) is 11.5 Å². The maximum atomic E-state index is 12.6. The number of esters is 1. The Bertz CT molecular complexity index is 759. The van der Waals surface area contributed by atoms with E-state index in [1.807, 2.05) is 19.1 Å². The fraction of sp³-hybridized carbons (Fsp3) is 0.435. The Balaban J connectivity index is 1.56. The summed E-state index contributed by atoms with van der Waals surface area (Å²) < 4.78 is 22.6. The van der Waals surface area contributed by atoms with Gasteiger partial charge in [0.05, 0.1) is 19.8 Å². The number of ether oxygens (including phenoxy) is 4. The molecule has 1 aliphatic rings. The third kappa shape index (κ3) is 4.91. The SMILES string of the molecule is CCCc1ccc([C@H]2OC[C@@](C)(C(=O)Oc3ccc(OCC)cc3)CO2)cc1. The number of benzene rings is 2. The molecule has 1 fully saturated rings. The molecule has 0 aliphatic carbocycles. The number of rotatable bonds is 7. The van der Waals surface area contributed by atoms with Gasteiger partial charge in [0.15, 0.2) is 6.29 Å². The molecular weight excluding hydrogens is 356 g/mol. The first kappa shape index (κ1) is 20.4. The van der Waals surface area contributed by atoms with E-state index in [9.17, 15) is 4.79 Å². The summed E-state index contributed by atoms with van der Waals surface area (Å²) in [6, 6.07) is 15.2. The summed E-state index contributed by atoms with van der Waals surface area (Å²) in [5.41, 5.74) is 1.41. The standard InChI is InChI=1S/C23H28O5/c1-4-6-17-7-9-18(10-8-17)21-26-15-23(3,16-27-21)22(24)28-20-13-11-19(12-14-20)25-5-2/h7-14,21H,4-6,15-16H2,1-3H3/t21-,23+. The monoisotopic (exact) mass is 384 g/mol. The highest BCUT2D eigenvalue weighted by molar-refractivity contribution is 5.79. The van der Waals surface area contributed by atoms with E-state index in [-0.39, 0.29) is 19.2 Å². The Morgan fingerprint density at radius 2 is 1.61 bits per heavy atom. The second kappa shape index (κ2) is 9.22. The van der Waals surface area contributed by atoms with E-state index < -0.39 is 11.7 Å². The van der Waals surface area contributed by atoms with Crippen LogP contribution in [0.4, 0.5) is 0 Å². The molecule has 3 rings (SSSR count). The van der Waals surface area contributed by atoms with Crippen molar-refractivity contribution >= 4 is 5.97 Å². The lowest BCUT2D eigenvalue weighted by atomic mass is 9.92. The van der Waals surface area contributed by atoms with Gasteiger partial charge in [0.2, 0.25) is 0 Å². The summed E-state index contributed by atoms with van der Waals surface area (Å²) in [6.45, 7) is 6.95. The highest BCUT2D eigenvalue weighted by atomic mass is 16.7. The molecular formula is C23H28O5. The average molecular weight is 384 g/mol. The van der Waals surface area contributed by atoms with Crippen molar-refractivity contribution in [1.82, 2.24) is 0 Å². The summed E-state index contributed by atoms with van der Waals surface area (Å²) in [6.07, 6.45) is 1.72. The first-order valence-electron chi connectivity index (χ1n) is 9.81. The van der Waals surface area contributed by atoms with Crippen LogP contribution in [0.3, 0.4) is 0 Å². The third-order valence-corrected chi connectivity index (χ3v) is 4.74. The molecule has 2 aromatic rings. The quantitative estimate of drug-likeness (QED) is 0.512. The summed E-state index contributed by atoms with van der Waals surface area (Å²) in [7, 11) is 0. The van der Waals surface area contributed by atoms with E-state index in [1.54, 1.807) is 31.2 Å². The van der Waals surface area contributed by atoms with Crippen molar-refractivity contribution in [3.63, 3.8) is 0 Å². The van der Waals surface area contributed by atoms with Gasteiger partial charge in [-0.25, -0.2) is 0 Å². The maximum absolute atomic E-state index is 12.6. The van der Waals surface area contributed by atoms with Gasteiger partial charge in [0, 0.05) is 5.56 Å². The second-order valence-electron chi connectivity index (χ2n) is 7.30. The normalized spacial score (nSPS) is 21.9. The van der Waals surface area contributed by atoms with Crippen molar-refractivity contribution < 1.29 is 23.7 Å². The van der Waals surface area contributed by atoms with E-state index in [0.29, 0.717) is 12.4 Å². The highest BCUT2D eigenvalue weighted by Crippen LogP contribution is 2.33. The van der Waals surface area contributed by atoms with Gasteiger partial charge in [0.25, 0.3) is 0 Å². The fourth-order valence-electron chi connectivity index (χ4n) is 3.05. The lowest BCUT2D eigenvalue weighted by Gasteiger charge is -2.35. The number of aryl methyl sites for hydroxylation is 1. The maximum Gasteiger partial charge on any atom is 0.321 e. The van der Waals surface area contributed by atoms with Crippen LogP contribution in [0.15, 0.2) is 48.5 Å². The van der Waals surface area contributed by atoms with Crippen LogP contribution in [0.1, 0.15) is 44.6 Å². The minimum Gasteiger partial charge on any atom is -0.494 e. The van der Waals surface area contributed by atoms with E-state index in [2.05, 4.69) is 19.1 Å². The van der Waals surface area contributed by atoms with Gasteiger partial charge in [0.1, 0.15) is 16.9 Å². The smallest absolute Gasteiger partial charge is 0.321 e. The molecule has 5 nitrogen and oxygen atoms in total. The minimum atomic E-state index is -0.850. The minimum absolute atomic E-state index is 0.240. The molecule has 1 heterocycles. The van der Waals surface area contributed by atoms with E-state index >= 15 is 0 Å². The van der Waals surface area contributed by atoms with Crippen LogP contribution in [0.25, 0.3) is 0 Å². The molecule has 1 aliphatic heterocycles. The zero-order valence-electron chi connectivity index (χ0n) is 16.8. The molecule has 0 atom stereocenters. The van der Waals surface area contributed by atoms with Crippen LogP contribution >= 0.6 is 0 Å². The van der Waals surface area contributed by atoms with E-state index in [0.717, 1.165) is 24.2 Å². The Labute approximate surface area is 166 Å². The first-order chi connectivity index (χ1) is 13.5. The third-order valence-electron chi connectivity index (χ3n) is 4.74. The molecule has 2 aromatic carbocycles. The van der Waals surface area contributed by atoms with Gasteiger partial charge >= 0.3 is 5.97 Å². The zero-order chi connectivity index (χ0) is 20.0. The molecule has 0 radical (unpaired) electrons. The van der Waals surface area contributed by atoms with Crippen molar-refractivity contribution in [3.8, 4) is 11.5 Å². The molecule has 0 saturated carbocycles. The number of carbonyl (C=O) groups is 1.